The highest BCUT2D eigenvalue weighted by Gasteiger charge is 2.10. The van der Waals surface area contributed by atoms with Crippen molar-refractivity contribution in [1.29, 1.82) is 0 Å². The number of benzene rings is 1. The molecular formula is C18H33IN4O2S. The van der Waals surface area contributed by atoms with E-state index in [0.29, 0.717) is 18.5 Å². The quantitative estimate of drug-likeness (QED) is 0.295. The second-order valence-corrected chi connectivity index (χ2v) is 8.67. The summed E-state index contributed by atoms with van der Waals surface area (Å²) in [6.07, 6.45) is 0.970. The summed E-state index contributed by atoms with van der Waals surface area (Å²) in [6.45, 7) is 5.94. The van der Waals surface area contributed by atoms with Gasteiger partial charge in [-0.05, 0) is 26.0 Å². The van der Waals surface area contributed by atoms with E-state index in [0.717, 1.165) is 19.5 Å². The summed E-state index contributed by atoms with van der Waals surface area (Å²) in [4.78, 5) is 6.45. The summed E-state index contributed by atoms with van der Waals surface area (Å²) >= 11 is 0. The fourth-order valence-corrected chi connectivity index (χ4v) is 3.04. The van der Waals surface area contributed by atoms with Gasteiger partial charge in [-0.1, -0.05) is 37.3 Å². The van der Waals surface area contributed by atoms with Gasteiger partial charge >= 0.3 is 0 Å². The maximum absolute atomic E-state index is 11.5. The van der Waals surface area contributed by atoms with E-state index in [2.05, 4.69) is 58.8 Å². The van der Waals surface area contributed by atoms with Gasteiger partial charge in [0.1, 0.15) is 0 Å². The van der Waals surface area contributed by atoms with Crippen molar-refractivity contribution in [2.75, 3.05) is 38.7 Å². The van der Waals surface area contributed by atoms with Crippen LogP contribution in [-0.2, 0) is 16.4 Å². The van der Waals surface area contributed by atoms with Gasteiger partial charge in [0.15, 0.2) is 15.8 Å². The van der Waals surface area contributed by atoms with Crippen molar-refractivity contribution in [3.05, 3.63) is 35.9 Å². The number of sulfone groups is 1. The lowest BCUT2D eigenvalue weighted by Crippen LogP contribution is -2.41. The van der Waals surface area contributed by atoms with Crippen LogP contribution >= 0.6 is 24.0 Å². The van der Waals surface area contributed by atoms with Crippen LogP contribution in [0.5, 0.6) is 0 Å². The molecule has 6 nitrogen and oxygen atoms in total. The first-order valence-electron chi connectivity index (χ1n) is 8.77. The summed E-state index contributed by atoms with van der Waals surface area (Å²) in [5.74, 6) is 0.941. The number of hydrogen-bond acceptors (Lipinski definition) is 4. The SMILES string of the molecule is CCS(=O)(=O)CCNC(=NC)NCCC(C)N(C)Cc1ccccc1.I. The van der Waals surface area contributed by atoms with Gasteiger partial charge in [0.25, 0.3) is 0 Å². The molecule has 0 aliphatic rings. The third-order valence-electron chi connectivity index (χ3n) is 4.25. The molecule has 0 aromatic heterocycles. The Morgan fingerprint density at radius 2 is 1.81 bits per heavy atom. The summed E-state index contributed by atoms with van der Waals surface area (Å²) in [5.41, 5.74) is 1.31. The summed E-state index contributed by atoms with van der Waals surface area (Å²) in [5, 5.41) is 6.29. The average Bonchev–Trinajstić information content (AvgIpc) is 2.61. The largest absolute Gasteiger partial charge is 0.356 e. The van der Waals surface area contributed by atoms with E-state index < -0.39 is 9.84 Å². The molecular weight excluding hydrogens is 463 g/mol. The minimum absolute atomic E-state index is 0. The van der Waals surface area contributed by atoms with Crippen LogP contribution in [0.2, 0.25) is 0 Å². The van der Waals surface area contributed by atoms with Gasteiger partial charge in [0.05, 0.1) is 5.75 Å². The Morgan fingerprint density at radius 1 is 1.19 bits per heavy atom. The first kappa shape index (κ1) is 25.1. The number of nitrogens with one attached hydrogen (secondary N) is 2. The Labute approximate surface area is 175 Å². The molecule has 1 unspecified atom stereocenters. The molecule has 8 heteroatoms. The Bertz CT molecular complexity index is 623. The predicted molar refractivity (Wildman–Crippen MR) is 121 cm³/mol. The molecule has 0 amide bonds. The van der Waals surface area contributed by atoms with Crippen LogP contribution in [0.1, 0.15) is 25.8 Å². The average molecular weight is 496 g/mol. The van der Waals surface area contributed by atoms with E-state index in [1.807, 2.05) is 6.07 Å². The van der Waals surface area contributed by atoms with Crippen LogP contribution in [0, 0.1) is 0 Å². The van der Waals surface area contributed by atoms with E-state index in [-0.39, 0.29) is 35.5 Å². The van der Waals surface area contributed by atoms with Gasteiger partial charge in [0.2, 0.25) is 0 Å². The van der Waals surface area contributed by atoms with Gasteiger partial charge in [0, 0.05) is 38.5 Å². The molecule has 2 N–H and O–H groups in total. The van der Waals surface area contributed by atoms with E-state index in [4.69, 9.17) is 0 Å². The molecule has 1 atom stereocenters. The zero-order valence-electron chi connectivity index (χ0n) is 16.2. The lowest BCUT2D eigenvalue weighted by Gasteiger charge is -2.25. The van der Waals surface area contributed by atoms with Crippen molar-refractivity contribution >= 4 is 39.8 Å². The Kier molecular flexibility index (Phi) is 12.9. The van der Waals surface area contributed by atoms with Gasteiger partial charge in [-0.25, -0.2) is 8.42 Å². The highest BCUT2D eigenvalue weighted by molar-refractivity contribution is 14.0. The summed E-state index contributed by atoms with van der Waals surface area (Å²) < 4.78 is 23.0. The standard InChI is InChI=1S/C18H32N4O2S.HI/c1-5-25(23,24)14-13-21-18(19-3)20-12-11-16(2)22(4)15-17-9-7-6-8-10-17;/h6-10,16H,5,11-15H2,1-4H3,(H2,19,20,21);1H. The van der Waals surface area contributed by atoms with Gasteiger partial charge in [-0.2, -0.15) is 0 Å². The van der Waals surface area contributed by atoms with E-state index in [9.17, 15) is 8.42 Å². The van der Waals surface area contributed by atoms with E-state index in [1.54, 1.807) is 14.0 Å². The minimum atomic E-state index is -2.95. The fourth-order valence-electron chi connectivity index (χ4n) is 2.34. The van der Waals surface area contributed by atoms with Gasteiger partial charge in [-0.3, -0.25) is 9.89 Å². The van der Waals surface area contributed by atoms with Crippen molar-refractivity contribution in [3.8, 4) is 0 Å². The lowest BCUT2D eigenvalue weighted by atomic mass is 10.1. The van der Waals surface area contributed by atoms with Crippen molar-refractivity contribution < 1.29 is 8.42 Å². The highest BCUT2D eigenvalue weighted by atomic mass is 127. The second kappa shape index (κ2) is 13.3. The number of nitrogens with zero attached hydrogens (tertiary/aromatic N) is 2. The molecule has 150 valence electrons. The molecule has 0 bridgehead atoms. The fraction of sp³-hybridized carbons (Fsp3) is 0.611. The van der Waals surface area contributed by atoms with Gasteiger partial charge < -0.3 is 10.6 Å². The van der Waals surface area contributed by atoms with E-state index >= 15 is 0 Å². The monoisotopic (exact) mass is 496 g/mol. The smallest absolute Gasteiger partial charge is 0.191 e. The maximum atomic E-state index is 11.5. The minimum Gasteiger partial charge on any atom is -0.356 e. The number of guanidine groups is 1. The first-order chi connectivity index (χ1) is 11.9. The molecule has 0 saturated carbocycles. The third-order valence-corrected chi connectivity index (χ3v) is 5.96. The van der Waals surface area contributed by atoms with Crippen LogP contribution in [0.3, 0.4) is 0 Å². The molecule has 0 fully saturated rings. The Balaban J connectivity index is 0.00000625. The van der Waals surface area contributed by atoms with Gasteiger partial charge in [-0.15, -0.1) is 24.0 Å². The Hall–Kier alpha value is -0.870. The van der Waals surface area contributed by atoms with Crippen LogP contribution in [-0.4, -0.2) is 64.0 Å². The summed E-state index contributed by atoms with van der Waals surface area (Å²) in [7, 11) is 0.864. The zero-order chi connectivity index (χ0) is 18.7. The maximum Gasteiger partial charge on any atom is 0.191 e. The molecule has 1 aromatic rings. The number of rotatable bonds is 10. The molecule has 0 radical (unpaired) electrons. The second-order valence-electron chi connectivity index (χ2n) is 6.20. The van der Waals surface area contributed by atoms with Crippen molar-refractivity contribution in [1.82, 2.24) is 15.5 Å². The van der Waals surface area contributed by atoms with Crippen molar-refractivity contribution in [2.45, 2.75) is 32.9 Å². The van der Waals surface area contributed by atoms with Crippen LogP contribution in [0.15, 0.2) is 35.3 Å². The highest BCUT2D eigenvalue weighted by Crippen LogP contribution is 2.07. The molecule has 1 rings (SSSR count). The normalized spacial score (nSPS) is 13.2. The van der Waals surface area contributed by atoms with Crippen LogP contribution < -0.4 is 10.6 Å². The predicted octanol–water partition coefficient (Wildman–Crippen LogP) is 2.11. The topological polar surface area (TPSA) is 73.8 Å². The van der Waals surface area contributed by atoms with Crippen molar-refractivity contribution in [2.24, 2.45) is 4.99 Å². The molecule has 0 heterocycles. The third kappa shape index (κ3) is 10.3. The van der Waals surface area contributed by atoms with Crippen LogP contribution in [0.4, 0.5) is 0 Å². The molecule has 1 aromatic carbocycles. The molecule has 0 spiro atoms. The first-order valence-corrected chi connectivity index (χ1v) is 10.6. The lowest BCUT2D eigenvalue weighted by molar-refractivity contribution is 0.238. The zero-order valence-corrected chi connectivity index (χ0v) is 19.4. The van der Waals surface area contributed by atoms with Crippen LogP contribution in [0.25, 0.3) is 0 Å². The summed E-state index contributed by atoms with van der Waals surface area (Å²) in [6, 6.07) is 10.8. The van der Waals surface area contributed by atoms with Crippen molar-refractivity contribution in [3.63, 3.8) is 0 Å². The molecule has 0 aliphatic carbocycles. The molecule has 0 aliphatic heterocycles. The van der Waals surface area contributed by atoms with E-state index in [1.165, 1.54) is 5.56 Å². The molecule has 0 saturated heterocycles. The molecule has 26 heavy (non-hydrogen) atoms. The number of hydrogen-bond donors (Lipinski definition) is 2. The Morgan fingerprint density at radius 3 is 2.38 bits per heavy atom. The number of aliphatic imine (C=N–C) groups is 1. The number of halogens is 1.